The third-order valence-corrected chi connectivity index (χ3v) is 6.23. The molecular weight excluding hydrogens is 487 g/mol. The van der Waals surface area contributed by atoms with Gasteiger partial charge in [0.05, 0.1) is 10.7 Å². The van der Waals surface area contributed by atoms with Gasteiger partial charge in [-0.25, -0.2) is 4.79 Å². The minimum Gasteiger partial charge on any atom is -0.448 e. The van der Waals surface area contributed by atoms with Gasteiger partial charge in [0.15, 0.2) is 6.10 Å². The van der Waals surface area contributed by atoms with Gasteiger partial charge in [-0.2, -0.15) is 0 Å². The maximum Gasteiger partial charge on any atom is 0.356 e. The van der Waals surface area contributed by atoms with Gasteiger partial charge in [-0.3, -0.25) is 9.59 Å². The molecule has 4 aromatic rings. The van der Waals surface area contributed by atoms with E-state index >= 15 is 0 Å². The number of ether oxygens (including phenoxy) is 1. The molecule has 0 bridgehead atoms. The second-order valence-corrected chi connectivity index (χ2v) is 9.00. The van der Waals surface area contributed by atoms with E-state index in [9.17, 15) is 14.4 Å². The molecule has 1 N–H and O–H groups in total. The number of aromatic nitrogens is 1. The van der Waals surface area contributed by atoms with Crippen molar-refractivity contribution in [1.29, 1.82) is 0 Å². The first-order valence-electron chi connectivity index (χ1n) is 10.8. The summed E-state index contributed by atoms with van der Waals surface area (Å²) in [5.41, 5.74) is 2.41. The molecule has 4 rings (SSSR count). The molecule has 8 heteroatoms. The van der Waals surface area contributed by atoms with Crippen molar-refractivity contribution in [2.24, 2.45) is 7.05 Å². The normalized spacial score (nSPS) is 11.8. The van der Waals surface area contributed by atoms with Gasteiger partial charge >= 0.3 is 5.97 Å². The largest absolute Gasteiger partial charge is 0.448 e. The highest BCUT2D eigenvalue weighted by atomic mass is 35.5. The van der Waals surface area contributed by atoms with Gasteiger partial charge < -0.3 is 14.6 Å². The van der Waals surface area contributed by atoms with Crippen LogP contribution in [0.3, 0.4) is 0 Å². The van der Waals surface area contributed by atoms with E-state index < -0.39 is 18.0 Å². The number of carbonyl (C=O) groups is 2. The maximum absolute atomic E-state index is 13.4. The average molecular weight is 509 g/mol. The van der Waals surface area contributed by atoms with Crippen LogP contribution in [0.25, 0.3) is 21.9 Å². The molecule has 0 fully saturated rings. The van der Waals surface area contributed by atoms with Crippen molar-refractivity contribution in [3.05, 3.63) is 98.4 Å². The summed E-state index contributed by atoms with van der Waals surface area (Å²) >= 11 is 12.0. The number of hydrogen-bond acceptors (Lipinski definition) is 4. The Bertz CT molecular complexity index is 1510. The van der Waals surface area contributed by atoms with E-state index in [0.717, 1.165) is 11.1 Å². The quantitative estimate of drug-likeness (QED) is 0.335. The second-order valence-electron chi connectivity index (χ2n) is 8.16. The summed E-state index contributed by atoms with van der Waals surface area (Å²) in [4.78, 5) is 39.2. The van der Waals surface area contributed by atoms with Crippen LogP contribution < -0.4 is 10.9 Å². The summed E-state index contributed by atoms with van der Waals surface area (Å²) < 4.78 is 6.79. The molecule has 1 unspecified atom stereocenters. The Balaban J connectivity index is 1.73. The van der Waals surface area contributed by atoms with Crippen LogP contribution in [-0.4, -0.2) is 22.5 Å². The van der Waals surface area contributed by atoms with Crippen LogP contribution in [0.5, 0.6) is 0 Å². The molecule has 0 radical (unpaired) electrons. The third-order valence-electron chi connectivity index (χ3n) is 5.68. The van der Waals surface area contributed by atoms with Gasteiger partial charge in [-0.1, -0.05) is 71.2 Å². The zero-order chi connectivity index (χ0) is 25.3. The summed E-state index contributed by atoms with van der Waals surface area (Å²) in [6.45, 7) is 3.41. The molecule has 0 aliphatic rings. The SMILES string of the molecule is Cc1ccc(-c2c(C(=O)OC(C)C(=O)Nc3ccc(Cl)cc3Cl)n(C)c(=O)c3ccccc23)cc1. The molecule has 1 aromatic heterocycles. The number of fused-ring (bicyclic) bond motifs is 1. The van der Waals surface area contributed by atoms with Gasteiger partial charge in [-0.05, 0) is 49.1 Å². The van der Waals surface area contributed by atoms with Gasteiger partial charge in [0.1, 0.15) is 5.69 Å². The number of pyridine rings is 1. The smallest absolute Gasteiger partial charge is 0.356 e. The molecule has 178 valence electrons. The molecule has 6 nitrogen and oxygen atoms in total. The van der Waals surface area contributed by atoms with Crippen molar-refractivity contribution in [2.75, 3.05) is 5.32 Å². The number of amides is 1. The lowest BCUT2D eigenvalue weighted by atomic mass is 9.96. The number of nitrogens with one attached hydrogen (secondary N) is 1. The fraction of sp³-hybridized carbons (Fsp3) is 0.148. The third kappa shape index (κ3) is 4.94. The highest BCUT2D eigenvalue weighted by Gasteiger charge is 2.26. The number of hydrogen-bond donors (Lipinski definition) is 1. The summed E-state index contributed by atoms with van der Waals surface area (Å²) in [6.07, 6.45) is -1.17. The van der Waals surface area contributed by atoms with E-state index in [-0.39, 0.29) is 16.3 Å². The molecule has 1 atom stereocenters. The van der Waals surface area contributed by atoms with E-state index in [1.54, 1.807) is 36.4 Å². The zero-order valence-electron chi connectivity index (χ0n) is 19.3. The minimum atomic E-state index is -1.17. The van der Waals surface area contributed by atoms with Crippen LogP contribution in [0, 0.1) is 6.92 Å². The van der Waals surface area contributed by atoms with E-state index in [0.29, 0.717) is 27.0 Å². The first-order valence-corrected chi connectivity index (χ1v) is 11.6. The molecule has 0 aliphatic carbocycles. The number of anilines is 1. The fourth-order valence-corrected chi connectivity index (χ4v) is 4.27. The van der Waals surface area contributed by atoms with Crippen molar-refractivity contribution in [1.82, 2.24) is 4.57 Å². The standard InChI is InChI=1S/C27H22Cl2N2O4/c1-15-8-10-17(11-9-15)23-19-6-4-5-7-20(19)26(33)31(3)24(23)27(34)35-16(2)25(32)30-22-13-12-18(28)14-21(22)29/h4-14,16H,1-3H3,(H,30,32). The van der Waals surface area contributed by atoms with Crippen LogP contribution in [0.15, 0.2) is 71.5 Å². The van der Waals surface area contributed by atoms with Crippen molar-refractivity contribution < 1.29 is 14.3 Å². The summed E-state index contributed by atoms with van der Waals surface area (Å²) in [5.74, 6) is -1.37. The lowest BCUT2D eigenvalue weighted by Crippen LogP contribution is -2.33. The summed E-state index contributed by atoms with van der Waals surface area (Å²) in [5, 5.41) is 4.40. The maximum atomic E-state index is 13.4. The number of halogens is 2. The Hall–Kier alpha value is -3.61. The fourth-order valence-electron chi connectivity index (χ4n) is 3.81. The van der Waals surface area contributed by atoms with Gasteiger partial charge in [-0.15, -0.1) is 0 Å². The molecule has 0 aliphatic heterocycles. The second kappa shape index (κ2) is 9.94. The molecule has 0 saturated heterocycles. The Labute approximate surface area is 212 Å². The van der Waals surface area contributed by atoms with Crippen molar-refractivity contribution in [2.45, 2.75) is 20.0 Å². The molecular formula is C27H22Cl2N2O4. The summed E-state index contributed by atoms with van der Waals surface area (Å²) in [7, 11) is 1.52. The highest BCUT2D eigenvalue weighted by molar-refractivity contribution is 6.36. The van der Waals surface area contributed by atoms with Gasteiger partial charge in [0.25, 0.3) is 11.5 Å². The molecule has 0 saturated carbocycles. The number of esters is 1. The van der Waals surface area contributed by atoms with Crippen molar-refractivity contribution in [3.63, 3.8) is 0 Å². The molecule has 1 amide bonds. The first-order chi connectivity index (χ1) is 16.7. The zero-order valence-corrected chi connectivity index (χ0v) is 20.8. The highest BCUT2D eigenvalue weighted by Crippen LogP contribution is 2.31. The Kier molecular flexibility index (Phi) is 6.96. The van der Waals surface area contributed by atoms with Crippen LogP contribution in [0.4, 0.5) is 5.69 Å². The van der Waals surface area contributed by atoms with Gasteiger partial charge in [0.2, 0.25) is 0 Å². The lowest BCUT2D eigenvalue weighted by Gasteiger charge is -2.19. The molecule has 1 heterocycles. The van der Waals surface area contributed by atoms with E-state index in [4.69, 9.17) is 27.9 Å². The van der Waals surface area contributed by atoms with E-state index in [2.05, 4.69) is 5.32 Å². The van der Waals surface area contributed by atoms with Crippen molar-refractivity contribution in [3.8, 4) is 11.1 Å². The number of benzene rings is 3. The Morgan fingerprint density at radius 1 is 0.971 bits per heavy atom. The molecule has 35 heavy (non-hydrogen) atoms. The number of aryl methyl sites for hydroxylation is 1. The monoisotopic (exact) mass is 508 g/mol. The van der Waals surface area contributed by atoms with Crippen LogP contribution in [0.2, 0.25) is 10.0 Å². The average Bonchev–Trinajstić information content (AvgIpc) is 2.83. The predicted molar refractivity (Wildman–Crippen MR) is 139 cm³/mol. The van der Waals surface area contributed by atoms with Crippen molar-refractivity contribution >= 4 is 51.5 Å². The molecule has 3 aromatic carbocycles. The topological polar surface area (TPSA) is 77.4 Å². The lowest BCUT2D eigenvalue weighted by molar-refractivity contribution is -0.123. The minimum absolute atomic E-state index is 0.0572. The number of nitrogens with zero attached hydrogens (tertiary/aromatic N) is 1. The Morgan fingerprint density at radius 3 is 2.29 bits per heavy atom. The van der Waals surface area contributed by atoms with Gasteiger partial charge in [0, 0.05) is 23.0 Å². The first kappa shape index (κ1) is 24.5. The summed E-state index contributed by atoms with van der Waals surface area (Å²) in [6, 6.07) is 19.3. The molecule has 0 spiro atoms. The number of carbonyl (C=O) groups excluding carboxylic acids is 2. The van der Waals surface area contributed by atoms with E-state index in [1.807, 2.05) is 31.2 Å². The van der Waals surface area contributed by atoms with Crippen LogP contribution in [0.1, 0.15) is 23.0 Å². The van der Waals surface area contributed by atoms with Crippen LogP contribution in [-0.2, 0) is 16.6 Å². The van der Waals surface area contributed by atoms with E-state index in [1.165, 1.54) is 24.6 Å². The Morgan fingerprint density at radius 2 is 1.63 bits per heavy atom. The predicted octanol–water partition coefficient (Wildman–Crippen LogP) is 6.00. The van der Waals surface area contributed by atoms with Crippen LogP contribution >= 0.6 is 23.2 Å². The number of rotatable bonds is 5.